The van der Waals surface area contributed by atoms with Crippen molar-refractivity contribution >= 4 is 5.91 Å². The van der Waals surface area contributed by atoms with Crippen LogP contribution in [0, 0.1) is 0 Å². The summed E-state index contributed by atoms with van der Waals surface area (Å²) in [5.41, 5.74) is 2.42. The lowest BCUT2D eigenvalue weighted by Gasteiger charge is -2.34. The molecule has 1 atom stereocenters. The minimum atomic E-state index is -0.665. The first-order valence-corrected chi connectivity index (χ1v) is 9.31. The predicted molar refractivity (Wildman–Crippen MR) is 104 cm³/mol. The molecule has 4 nitrogen and oxygen atoms in total. The molecule has 1 amide bonds. The third kappa shape index (κ3) is 4.93. The molecule has 1 saturated heterocycles. The fourth-order valence-electron chi connectivity index (χ4n) is 3.29. The second kappa shape index (κ2) is 8.02. The number of nitrogens with one attached hydrogen (secondary N) is 1. The molecule has 0 spiro atoms. The van der Waals surface area contributed by atoms with Gasteiger partial charge in [0.05, 0.1) is 5.60 Å². The highest BCUT2D eigenvalue weighted by molar-refractivity contribution is 5.94. The maximum Gasteiger partial charge on any atom is 0.253 e. The number of carbonyl (C=O) groups is 1. The van der Waals surface area contributed by atoms with Gasteiger partial charge in [0.15, 0.2) is 0 Å². The second-order valence-corrected chi connectivity index (χ2v) is 7.68. The van der Waals surface area contributed by atoms with Gasteiger partial charge in [0, 0.05) is 31.2 Å². The van der Waals surface area contributed by atoms with Gasteiger partial charge >= 0.3 is 0 Å². The molecule has 0 aromatic heterocycles. The molecule has 3 rings (SSSR count). The van der Waals surface area contributed by atoms with Crippen molar-refractivity contribution in [2.75, 3.05) is 19.6 Å². The zero-order valence-electron chi connectivity index (χ0n) is 15.6. The highest BCUT2D eigenvalue weighted by atomic mass is 16.3. The zero-order chi connectivity index (χ0) is 18.6. The van der Waals surface area contributed by atoms with Gasteiger partial charge in [0.1, 0.15) is 0 Å². The molecule has 0 unspecified atom stereocenters. The minimum Gasteiger partial charge on any atom is -0.390 e. The summed E-state index contributed by atoms with van der Waals surface area (Å²) in [6.45, 7) is 5.85. The Morgan fingerprint density at radius 3 is 2.50 bits per heavy atom. The Balaban J connectivity index is 1.63. The summed E-state index contributed by atoms with van der Waals surface area (Å²) in [5, 5.41) is 13.3. The monoisotopic (exact) mass is 352 g/mol. The highest BCUT2D eigenvalue weighted by Gasteiger charge is 2.25. The summed E-state index contributed by atoms with van der Waals surface area (Å²) in [7, 11) is 0. The molecule has 26 heavy (non-hydrogen) atoms. The van der Waals surface area contributed by atoms with Gasteiger partial charge < -0.3 is 15.3 Å². The summed E-state index contributed by atoms with van der Waals surface area (Å²) in [6.07, 6.45) is 1.51. The summed E-state index contributed by atoms with van der Waals surface area (Å²) < 4.78 is 0. The fourth-order valence-corrected chi connectivity index (χ4v) is 3.29. The van der Waals surface area contributed by atoms with Crippen LogP contribution in [0.4, 0.5) is 0 Å². The van der Waals surface area contributed by atoms with Crippen LogP contribution in [0.1, 0.15) is 47.8 Å². The third-order valence-corrected chi connectivity index (χ3v) is 4.89. The topological polar surface area (TPSA) is 52.6 Å². The molecule has 1 aliphatic heterocycles. The number of hydrogen-bond donors (Lipinski definition) is 2. The second-order valence-electron chi connectivity index (χ2n) is 7.68. The van der Waals surface area contributed by atoms with E-state index in [1.54, 1.807) is 0 Å². The van der Waals surface area contributed by atoms with Crippen molar-refractivity contribution in [1.29, 1.82) is 0 Å². The smallest absolute Gasteiger partial charge is 0.253 e. The van der Waals surface area contributed by atoms with Crippen molar-refractivity contribution in [2.45, 2.75) is 38.3 Å². The van der Waals surface area contributed by atoms with Gasteiger partial charge in [-0.1, -0.05) is 42.5 Å². The van der Waals surface area contributed by atoms with Crippen LogP contribution in [0.5, 0.6) is 0 Å². The maximum absolute atomic E-state index is 12.9. The summed E-state index contributed by atoms with van der Waals surface area (Å²) in [5.74, 6) is 0.0847. The zero-order valence-corrected chi connectivity index (χ0v) is 15.6. The van der Waals surface area contributed by atoms with Gasteiger partial charge in [0.2, 0.25) is 0 Å². The SMILES string of the molecule is CC(C)(O)CCc1ccc(C(=O)N2CCN[C@@H](c3ccccc3)C2)cc1. The molecule has 2 aromatic rings. The van der Waals surface area contributed by atoms with Crippen molar-refractivity contribution < 1.29 is 9.90 Å². The van der Waals surface area contributed by atoms with Crippen molar-refractivity contribution in [2.24, 2.45) is 0 Å². The van der Waals surface area contributed by atoms with Crippen LogP contribution >= 0.6 is 0 Å². The number of hydrogen-bond acceptors (Lipinski definition) is 3. The van der Waals surface area contributed by atoms with E-state index >= 15 is 0 Å². The maximum atomic E-state index is 12.9. The van der Waals surface area contributed by atoms with E-state index in [0.717, 1.165) is 30.6 Å². The molecular weight excluding hydrogens is 324 g/mol. The van der Waals surface area contributed by atoms with Crippen molar-refractivity contribution in [1.82, 2.24) is 10.2 Å². The third-order valence-electron chi connectivity index (χ3n) is 4.89. The lowest BCUT2D eigenvalue weighted by atomic mass is 9.98. The fraction of sp³-hybridized carbons (Fsp3) is 0.409. The number of aryl methyl sites for hydroxylation is 1. The number of amides is 1. The van der Waals surface area contributed by atoms with E-state index < -0.39 is 5.60 Å². The van der Waals surface area contributed by atoms with Crippen LogP contribution in [0.3, 0.4) is 0 Å². The van der Waals surface area contributed by atoms with Crippen molar-refractivity contribution in [3.63, 3.8) is 0 Å². The average molecular weight is 352 g/mol. The van der Waals surface area contributed by atoms with Gasteiger partial charge in [-0.3, -0.25) is 4.79 Å². The van der Waals surface area contributed by atoms with Crippen molar-refractivity contribution in [3.05, 3.63) is 71.3 Å². The lowest BCUT2D eigenvalue weighted by Crippen LogP contribution is -2.48. The molecule has 1 heterocycles. The van der Waals surface area contributed by atoms with Gasteiger partial charge in [-0.25, -0.2) is 0 Å². The Morgan fingerprint density at radius 1 is 1.15 bits per heavy atom. The number of rotatable bonds is 5. The molecule has 1 aliphatic rings. The molecule has 1 fully saturated rings. The number of benzene rings is 2. The van der Waals surface area contributed by atoms with Crippen LogP contribution in [-0.2, 0) is 6.42 Å². The first-order valence-electron chi connectivity index (χ1n) is 9.31. The standard InChI is InChI=1S/C22H28N2O2/c1-22(2,26)13-12-17-8-10-19(11-9-17)21(25)24-15-14-23-20(16-24)18-6-4-3-5-7-18/h3-11,20,23,26H,12-16H2,1-2H3/t20-/m1/s1. The van der Waals surface area contributed by atoms with Crippen molar-refractivity contribution in [3.8, 4) is 0 Å². The highest BCUT2D eigenvalue weighted by Crippen LogP contribution is 2.19. The van der Waals surface area contributed by atoms with Gasteiger partial charge in [0.25, 0.3) is 5.91 Å². The quantitative estimate of drug-likeness (QED) is 0.869. The van der Waals surface area contributed by atoms with E-state index in [2.05, 4.69) is 17.4 Å². The Kier molecular flexibility index (Phi) is 5.74. The van der Waals surface area contributed by atoms with E-state index in [4.69, 9.17) is 0 Å². The van der Waals surface area contributed by atoms with E-state index in [1.807, 2.05) is 61.2 Å². The first kappa shape index (κ1) is 18.6. The van der Waals surface area contributed by atoms with Crippen LogP contribution in [0.15, 0.2) is 54.6 Å². The van der Waals surface area contributed by atoms with Gasteiger partial charge in [-0.05, 0) is 49.9 Å². The predicted octanol–water partition coefficient (Wildman–Crippen LogP) is 3.18. The average Bonchev–Trinajstić information content (AvgIpc) is 2.66. The molecule has 0 aliphatic carbocycles. The summed E-state index contributed by atoms with van der Waals surface area (Å²) in [4.78, 5) is 14.8. The van der Waals surface area contributed by atoms with E-state index in [0.29, 0.717) is 13.0 Å². The largest absolute Gasteiger partial charge is 0.390 e. The molecular formula is C22H28N2O2. The molecule has 4 heteroatoms. The molecule has 0 bridgehead atoms. The first-order chi connectivity index (χ1) is 12.4. The minimum absolute atomic E-state index is 0.0847. The normalized spacial score (nSPS) is 18.0. The van der Waals surface area contributed by atoms with E-state index in [1.165, 1.54) is 5.56 Å². The van der Waals surface area contributed by atoms with Crippen LogP contribution in [0.2, 0.25) is 0 Å². The lowest BCUT2D eigenvalue weighted by molar-refractivity contribution is 0.0697. The Bertz CT molecular complexity index is 720. The van der Waals surface area contributed by atoms with Crippen LogP contribution < -0.4 is 5.32 Å². The summed E-state index contributed by atoms with van der Waals surface area (Å²) >= 11 is 0. The number of nitrogens with zero attached hydrogens (tertiary/aromatic N) is 1. The molecule has 0 radical (unpaired) electrons. The Hall–Kier alpha value is -2.17. The molecule has 138 valence electrons. The Labute approximate surface area is 155 Å². The van der Waals surface area contributed by atoms with E-state index in [9.17, 15) is 9.90 Å². The van der Waals surface area contributed by atoms with Gasteiger partial charge in [-0.15, -0.1) is 0 Å². The molecule has 2 N–H and O–H groups in total. The summed E-state index contributed by atoms with van der Waals surface area (Å²) in [6, 6.07) is 18.3. The van der Waals surface area contributed by atoms with Crippen LogP contribution in [-0.4, -0.2) is 41.1 Å². The molecule has 2 aromatic carbocycles. The van der Waals surface area contributed by atoms with E-state index in [-0.39, 0.29) is 11.9 Å². The molecule has 0 saturated carbocycles. The Morgan fingerprint density at radius 2 is 1.85 bits per heavy atom. The number of carbonyl (C=O) groups excluding carboxylic acids is 1. The number of aliphatic hydroxyl groups is 1. The number of piperazine rings is 1. The van der Waals surface area contributed by atoms with Gasteiger partial charge in [-0.2, -0.15) is 0 Å². The van der Waals surface area contributed by atoms with Crippen LogP contribution in [0.25, 0.3) is 0 Å².